The Morgan fingerprint density at radius 1 is 1.16 bits per heavy atom. The van der Waals surface area contributed by atoms with Gasteiger partial charge in [0, 0.05) is 17.5 Å². The van der Waals surface area contributed by atoms with E-state index in [0.717, 1.165) is 11.4 Å². The van der Waals surface area contributed by atoms with E-state index in [4.69, 9.17) is 16.7 Å². The highest BCUT2D eigenvalue weighted by molar-refractivity contribution is 7.90. The minimum atomic E-state index is -3.39. The van der Waals surface area contributed by atoms with Gasteiger partial charge in [-0.1, -0.05) is 24.3 Å². The molecule has 25 heavy (non-hydrogen) atoms. The van der Waals surface area contributed by atoms with Gasteiger partial charge in [0.25, 0.3) is 0 Å². The van der Waals surface area contributed by atoms with Crippen LogP contribution in [0.15, 0.2) is 58.5 Å². The summed E-state index contributed by atoms with van der Waals surface area (Å²) in [6.07, 6.45) is 1.15. The topological polar surface area (TPSA) is 134 Å². The Morgan fingerprint density at radius 3 is 2.40 bits per heavy atom. The monoisotopic (exact) mass is 363 g/mol. The third-order valence-electron chi connectivity index (χ3n) is 3.32. The fourth-order valence-corrected chi connectivity index (χ4v) is 3.04. The fourth-order valence-electron chi connectivity index (χ4n) is 2.20. The number of nitrogens with zero attached hydrogens (tertiary/aromatic N) is 2. The van der Waals surface area contributed by atoms with Gasteiger partial charge < -0.3 is 16.2 Å². The molecule has 2 rings (SSSR count). The Balaban J connectivity index is 2.41. The Kier molecular flexibility index (Phi) is 5.97. The minimum absolute atomic E-state index is 0.132. The molecule has 0 aliphatic carbocycles. The second kappa shape index (κ2) is 7.97. The lowest BCUT2D eigenvalue weighted by Crippen LogP contribution is -2.32. The number of benzene rings is 2. The number of nitrogens with one attached hydrogen (secondary N) is 1. The van der Waals surface area contributed by atoms with E-state index in [-0.39, 0.29) is 23.9 Å². The highest BCUT2D eigenvalue weighted by Crippen LogP contribution is 2.26. The lowest BCUT2D eigenvalue weighted by Gasteiger charge is -2.16. The van der Waals surface area contributed by atoms with Gasteiger partial charge in [0.05, 0.1) is 23.7 Å². The molecule has 9 heteroatoms. The van der Waals surface area contributed by atoms with E-state index in [0.29, 0.717) is 16.9 Å². The van der Waals surface area contributed by atoms with E-state index in [1.807, 2.05) is 0 Å². The number of sulfone groups is 1. The smallest absolute Gasteiger partial charge is 0.177 e. The molecule has 0 radical (unpaired) electrons. The van der Waals surface area contributed by atoms with E-state index in [1.165, 1.54) is 6.07 Å². The molecule has 0 aromatic heterocycles. The first-order valence-electron chi connectivity index (χ1n) is 7.45. The number of para-hydroxylation sites is 2. The number of aliphatic hydroxyl groups excluding tert-OH is 1. The predicted octanol–water partition coefficient (Wildman–Crippen LogP) is 0.622. The van der Waals surface area contributed by atoms with Crippen LogP contribution in [0, 0.1) is 0 Å². The second-order valence-electron chi connectivity index (χ2n) is 5.31. The van der Waals surface area contributed by atoms with Gasteiger partial charge >= 0.3 is 0 Å². The van der Waals surface area contributed by atoms with E-state index in [9.17, 15) is 8.42 Å². The van der Waals surface area contributed by atoms with E-state index in [2.05, 4.69) is 10.4 Å². The molecule has 0 aliphatic heterocycles. The molecular formula is C16H21N5O3S. The van der Waals surface area contributed by atoms with E-state index >= 15 is 0 Å². The van der Waals surface area contributed by atoms with Gasteiger partial charge in [-0.3, -0.25) is 0 Å². The molecule has 0 heterocycles. The first kappa shape index (κ1) is 18.7. The Hall–Kier alpha value is -2.62. The molecule has 2 aromatic carbocycles. The maximum atomic E-state index is 11.9. The highest BCUT2D eigenvalue weighted by Gasteiger charge is 2.14. The average Bonchev–Trinajstić information content (AvgIpc) is 2.55. The summed E-state index contributed by atoms with van der Waals surface area (Å²) in [5.74, 6) is 5.75. The molecule has 0 bridgehead atoms. The summed E-state index contributed by atoms with van der Waals surface area (Å²) in [6, 6.07) is 13.6. The van der Waals surface area contributed by atoms with Crippen LogP contribution in [0.25, 0.3) is 0 Å². The Morgan fingerprint density at radius 2 is 1.76 bits per heavy atom. The van der Waals surface area contributed by atoms with Crippen LogP contribution in [0.5, 0.6) is 0 Å². The van der Waals surface area contributed by atoms with Crippen molar-refractivity contribution in [2.24, 2.45) is 16.7 Å². The molecule has 0 saturated heterocycles. The van der Waals surface area contributed by atoms with Gasteiger partial charge in [0.1, 0.15) is 0 Å². The second-order valence-corrected chi connectivity index (χ2v) is 7.29. The Bertz CT molecular complexity index is 868. The quantitative estimate of drug-likeness (QED) is 0.245. The van der Waals surface area contributed by atoms with Crippen LogP contribution < -0.4 is 16.9 Å². The van der Waals surface area contributed by atoms with Gasteiger partial charge in [-0.2, -0.15) is 0 Å². The normalized spacial score (nSPS) is 12.0. The number of amidine groups is 1. The summed E-state index contributed by atoms with van der Waals surface area (Å²) in [5.41, 5.74) is 7.56. The van der Waals surface area contributed by atoms with Crippen LogP contribution in [0.1, 0.15) is 5.56 Å². The lowest BCUT2D eigenvalue weighted by molar-refractivity contribution is 0.204. The van der Waals surface area contributed by atoms with E-state index in [1.54, 1.807) is 42.5 Å². The predicted molar refractivity (Wildman–Crippen MR) is 98.0 cm³/mol. The number of anilines is 2. The van der Waals surface area contributed by atoms with Crippen molar-refractivity contribution < 1.29 is 13.5 Å². The van der Waals surface area contributed by atoms with Crippen molar-refractivity contribution in [2.75, 3.05) is 24.7 Å². The van der Waals surface area contributed by atoms with Crippen molar-refractivity contribution in [3.8, 4) is 0 Å². The van der Waals surface area contributed by atoms with Crippen molar-refractivity contribution in [1.29, 1.82) is 0 Å². The third-order valence-corrected chi connectivity index (χ3v) is 4.48. The summed E-state index contributed by atoms with van der Waals surface area (Å²) < 4.78 is 23.9. The van der Waals surface area contributed by atoms with Crippen molar-refractivity contribution >= 4 is 27.0 Å². The SMILES string of the molecule is CS(=O)(=O)c1ccccc1Nc1ccccc1/C(N)=N/N(N)CCO. The first-order valence-corrected chi connectivity index (χ1v) is 9.34. The number of aliphatic hydroxyl groups is 1. The number of hydrazone groups is 1. The fraction of sp³-hybridized carbons (Fsp3) is 0.188. The van der Waals surface area contributed by atoms with Crippen molar-refractivity contribution in [1.82, 2.24) is 5.12 Å². The van der Waals surface area contributed by atoms with Gasteiger partial charge in [0.15, 0.2) is 15.7 Å². The molecule has 0 amide bonds. The van der Waals surface area contributed by atoms with Gasteiger partial charge in [-0.05, 0) is 24.3 Å². The van der Waals surface area contributed by atoms with Crippen LogP contribution in [0.4, 0.5) is 11.4 Å². The number of hydrazine groups is 1. The maximum Gasteiger partial charge on any atom is 0.177 e. The molecule has 2 aromatic rings. The largest absolute Gasteiger partial charge is 0.394 e. The summed E-state index contributed by atoms with van der Waals surface area (Å²) in [4.78, 5) is 0.182. The summed E-state index contributed by atoms with van der Waals surface area (Å²) >= 11 is 0. The van der Waals surface area contributed by atoms with Crippen LogP contribution in [0.3, 0.4) is 0 Å². The zero-order chi connectivity index (χ0) is 18.4. The molecule has 8 nitrogen and oxygen atoms in total. The maximum absolute atomic E-state index is 11.9. The molecule has 0 fully saturated rings. The molecule has 0 atom stereocenters. The van der Waals surface area contributed by atoms with E-state index < -0.39 is 9.84 Å². The van der Waals surface area contributed by atoms with Gasteiger partial charge in [0.2, 0.25) is 0 Å². The highest BCUT2D eigenvalue weighted by atomic mass is 32.2. The Labute approximate surface area is 146 Å². The van der Waals surface area contributed by atoms with Crippen LogP contribution in [-0.2, 0) is 9.84 Å². The summed E-state index contributed by atoms with van der Waals surface area (Å²) in [7, 11) is -3.39. The standard InChI is InChI=1S/C16H21N5O3S/c1-25(23,24)15-9-5-4-8-14(15)19-13-7-3-2-6-12(13)16(17)20-21(18)10-11-22/h2-9,19,22H,10-11,18H2,1H3,(H2,17,20). The number of nitrogens with two attached hydrogens (primary N) is 2. The van der Waals surface area contributed by atoms with Crippen LogP contribution >= 0.6 is 0 Å². The van der Waals surface area contributed by atoms with Crippen molar-refractivity contribution in [3.05, 3.63) is 54.1 Å². The average molecular weight is 363 g/mol. The van der Waals surface area contributed by atoms with Crippen molar-refractivity contribution in [3.63, 3.8) is 0 Å². The summed E-state index contributed by atoms with van der Waals surface area (Å²) in [5, 5.41) is 17.0. The summed E-state index contributed by atoms with van der Waals surface area (Å²) in [6.45, 7) is -0.0257. The zero-order valence-electron chi connectivity index (χ0n) is 13.8. The van der Waals surface area contributed by atoms with Gasteiger partial charge in [-0.25, -0.2) is 19.4 Å². The first-order chi connectivity index (χ1) is 11.8. The van der Waals surface area contributed by atoms with Crippen molar-refractivity contribution in [2.45, 2.75) is 4.90 Å². The third kappa shape index (κ3) is 4.92. The molecule has 6 N–H and O–H groups in total. The minimum Gasteiger partial charge on any atom is -0.394 e. The number of hydrogen-bond acceptors (Lipinski definition) is 7. The van der Waals surface area contributed by atoms with Gasteiger partial charge in [-0.15, -0.1) is 5.10 Å². The molecule has 134 valence electrons. The molecular weight excluding hydrogens is 342 g/mol. The molecule has 0 aliphatic rings. The molecule has 0 saturated carbocycles. The number of hydrogen-bond donors (Lipinski definition) is 4. The van der Waals surface area contributed by atoms with Crippen LogP contribution in [-0.4, -0.2) is 43.9 Å². The number of rotatable bonds is 7. The lowest BCUT2D eigenvalue weighted by atomic mass is 10.1. The molecule has 0 spiro atoms. The molecule has 0 unspecified atom stereocenters. The zero-order valence-corrected chi connectivity index (χ0v) is 14.6. The van der Waals surface area contributed by atoms with Crippen LogP contribution in [0.2, 0.25) is 0 Å².